The number of para-hydroxylation sites is 1. The monoisotopic (exact) mass is 596 g/mol. The number of likely N-dealkylation sites (tertiary alicyclic amines) is 1. The summed E-state index contributed by atoms with van der Waals surface area (Å²) in [6, 6.07) is 15.5. The maximum atomic E-state index is 15.5. The lowest BCUT2D eigenvalue weighted by atomic mass is 10.1. The smallest absolute Gasteiger partial charge is 0.264 e. The molecule has 3 heterocycles. The molecule has 0 radical (unpaired) electrons. The van der Waals surface area contributed by atoms with Gasteiger partial charge in [0.15, 0.2) is 5.65 Å². The van der Waals surface area contributed by atoms with Crippen molar-refractivity contribution in [3.05, 3.63) is 72.3 Å². The summed E-state index contributed by atoms with van der Waals surface area (Å²) in [6.07, 6.45) is 6.73. The Kier molecular flexibility index (Phi) is 9.50. The molecule has 1 aliphatic heterocycles. The number of hydrogen-bond acceptors (Lipinski definition) is 8. The quantitative estimate of drug-likeness (QED) is 0.176. The number of nitrogens with two attached hydrogens (primary N) is 1. The summed E-state index contributed by atoms with van der Waals surface area (Å²) >= 11 is 0. The summed E-state index contributed by atoms with van der Waals surface area (Å²) in [7, 11) is 2.00. The molecule has 11 heteroatoms. The predicted octanol–water partition coefficient (Wildman–Crippen LogP) is 5.57. The zero-order chi connectivity index (χ0) is 31.2. The average molecular weight is 597 g/mol. The number of hydrogen-bond donors (Lipinski definition) is 1. The number of nitrogen functional groups attached to an aromatic ring is 1. The Labute approximate surface area is 256 Å². The minimum Gasteiger partial charge on any atom is -0.457 e. The molecular weight excluding hydrogens is 559 g/mol. The van der Waals surface area contributed by atoms with Crippen LogP contribution in [0.4, 0.5) is 10.2 Å². The number of aromatic nitrogens is 4. The summed E-state index contributed by atoms with van der Waals surface area (Å²) in [6.45, 7) is 5.84. The largest absolute Gasteiger partial charge is 0.457 e. The zero-order valence-corrected chi connectivity index (χ0v) is 25.3. The van der Waals surface area contributed by atoms with Gasteiger partial charge >= 0.3 is 0 Å². The highest BCUT2D eigenvalue weighted by Crippen LogP contribution is 2.35. The molecule has 44 heavy (non-hydrogen) atoms. The normalized spacial score (nSPS) is 16.0. The summed E-state index contributed by atoms with van der Waals surface area (Å²) < 4.78 is 23.0. The Morgan fingerprint density at radius 3 is 2.77 bits per heavy atom. The van der Waals surface area contributed by atoms with Crippen LogP contribution in [0.2, 0.25) is 0 Å². The molecule has 2 aromatic heterocycles. The van der Waals surface area contributed by atoms with E-state index in [4.69, 9.17) is 15.6 Å². The van der Waals surface area contributed by atoms with E-state index < -0.39 is 5.82 Å². The molecule has 1 unspecified atom stereocenters. The topological polar surface area (TPSA) is 126 Å². The Hall–Kier alpha value is -4.82. The zero-order valence-electron chi connectivity index (χ0n) is 25.3. The average Bonchev–Trinajstić information content (AvgIpc) is 3.64. The number of rotatable bonds is 11. The molecule has 0 bridgehead atoms. The molecule has 4 aromatic rings. The van der Waals surface area contributed by atoms with Gasteiger partial charge in [-0.05, 0) is 70.1 Å². The van der Waals surface area contributed by atoms with Crippen LogP contribution in [0.1, 0.15) is 39.5 Å². The number of anilines is 1. The maximum Gasteiger partial charge on any atom is 0.264 e. The first kappa shape index (κ1) is 30.6. The molecule has 0 spiro atoms. The van der Waals surface area contributed by atoms with Crippen LogP contribution in [0.3, 0.4) is 0 Å². The van der Waals surface area contributed by atoms with Gasteiger partial charge in [-0.1, -0.05) is 31.5 Å². The van der Waals surface area contributed by atoms with Crippen molar-refractivity contribution in [1.29, 1.82) is 5.26 Å². The number of carbonyl (C=O) groups excluding carboxylic acids is 1. The minimum absolute atomic E-state index is 0.0575. The van der Waals surface area contributed by atoms with E-state index >= 15 is 4.39 Å². The second-order valence-electron chi connectivity index (χ2n) is 11.1. The van der Waals surface area contributed by atoms with Crippen molar-refractivity contribution in [3.63, 3.8) is 0 Å². The predicted molar refractivity (Wildman–Crippen MR) is 167 cm³/mol. The van der Waals surface area contributed by atoms with Crippen LogP contribution < -0.4 is 10.5 Å². The number of fused-ring (bicyclic) bond motifs is 1. The first-order chi connectivity index (χ1) is 21.3. The lowest BCUT2D eigenvalue weighted by molar-refractivity contribution is -0.127. The first-order valence-corrected chi connectivity index (χ1v) is 14.9. The number of nitrogens with zero attached hydrogens (tertiary/aromatic N) is 7. The molecule has 1 fully saturated rings. The van der Waals surface area contributed by atoms with E-state index in [-0.39, 0.29) is 34.9 Å². The minimum atomic E-state index is -0.535. The molecule has 1 saturated heterocycles. The second kappa shape index (κ2) is 13.7. The molecule has 5 rings (SSSR count). The van der Waals surface area contributed by atoms with Crippen LogP contribution in [0.15, 0.2) is 66.5 Å². The van der Waals surface area contributed by atoms with E-state index in [1.165, 1.54) is 12.4 Å². The van der Waals surface area contributed by atoms with Crippen LogP contribution in [-0.2, 0) is 11.3 Å². The third kappa shape index (κ3) is 6.55. The summed E-state index contributed by atoms with van der Waals surface area (Å²) in [5, 5.41) is 15.1. The van der Waals surface area contributed by atoms with Gasteiger partial charge in [-0.15, -0.1) is 0 Å². The Balaban J connectivity index is 1.41. The van der Waals surface area contributed by atoms with Gasteiger partial charge in [0.25, 0.3) is 5.91 Å². The number of unbranched alkanes of at least 4 members (excludes halogenated alkanes) is 1. The van der Waals surface area contributed by atoms with E-state index in [0.29, 0.717) is 41.3 Å². The van der Waals surface area contributed by atoms with Gasteiger partial charge < -0.3 is 20.3 Å². The van der Waals surface area contributed by atoms with Crippen LogP contribution >= 0.6 is 0 Å². The Morgan fingerprint density at radius 1 is 1.25 bits per heavy atom. The molecule has 0 aliphatic carbocycles. The number of halogens is 1. The maximum absolute atomic E-state index is 15.5. The van der Waals surface area contributed by atoms with E-state index in [0.717, 1.165) is 32.2 Å². The van der Waals surface area contributed by atoms with Gasteiger partial charge in [-0.2, -0.15) is 10.4 Å². The highest BCUT2D eigenvalue weighted by molar-refractivity contribution is 5.99. The third-order valence-corrected chi connectivity index (χ3v) is 8.07. The van der Waals surface area contributed by atoms with Crippen molar-refractivity contribution in [2.24, 2.45) is 0 Å². The highest BCUT2D eigenvalue weighted by atomic mass is 19.1. The molecule has 1 amide bonds. The molecule has 228 valence electrons. The van der Waals surface area contributed by atoms with E-state index in [9.17, 15) is 10.1 Å². The number of nitriles is 1. The van der Waals surface area contributed by atoms with Gasteiger partial charge in [0.2, 0.25) is 0 Å². The summed E-state index contributed by atoms with van der Waals surface area (Å²) in [5.74, 6) is 0.285. The Morgan fingerprint density at radius 2 is 2.05 bits per heavy atom. The van der Waals surface area contributed by atoms with Gasteiger partial charge in [0.1, 0.15) is 46.8 Å². The van der Waals surface area contributed by atoms with Crippen LogP contribution in [0, 0.1) is 17.1 Å². The van der Waals surface area contributed by atoms with Crippen LogP contribution in [0.5, 0.6) is 11.5 Å². The van der Waals surface area contributed by atoms with Crippen molar-refractivity contribution < 1.29 is 13.9 Å². The first-order valence-electron chi connectivity index (χ1n) is 14.9. The van der Waals surface area contributed by atoms with Gasteiger partial charge in [-0.3, -0.25) is 4.79 Å². The Bertz CT molecular complexity index is 1700. The molecular formula is C33H37FN8O2. The molecule has 2 N–H and O–H groups in total. The van der Waals surface area contributed by atoms with E-state index in [1.54, 1.807) is 39.9 Å². The summed E-state index contributed by atoms with van der Waals surface area (Å²) in [4.78, 5) is 26.0. The lowest BCUT2D eigenvalue weighted by Crippen LogP contribution is -2.39. The standard InChI is InChI=1S/C33H37FN8O2/c1-4-5-15-40(3)22(2)17-23(19-35)33(43)41-16-9-10-24(41)20-42-32-29(31(36)37-21-38-32)30(39-42)27-14-13-26(18-28(27)34)44-25-11-7-6-8-12-25/h6-8,11-14,17-18,21-22,24H,4-5,9-10,15-16,20H2,1-3H3,(H2,36,37,38)/b23-17+/t22?,24-/m0/s1. The van der Waals surface area contributed by atoms with Crippen molar-refractivity contribution in [2.45, 2.75) is 58.2 Å². The van der Waals surface area contributed by atoms with Gasteiger partial charge in [0.05, 0.1) is 18.0 Å². The third-order valence-electron chi connectivity index (χ3n) is 8.07. The fourth-order valence-corrected chi connectivity index (χ4v) is 5.51. The van der Waals surface area contributed by atoms with Gasteiger partial charge in [0, 0.05) is 24.2 Å². The number of benzene rings is 2. The SMILES string of the molecule is CCCCN(C)C(C)/C=C(\C#N)C(=O)N1CCC[C@H]1Cn1nc(-c2ccc(Oc3ccccc3)cc2F)c2c(N)ncnc21. The van der Waals surface area contributed by atoms with E-state index in [1.807, 2.05) is 32.2 Å². The van der Waals surface area contributed by atoms with Crippen molar-refractivity contribution >= 4 is 22.8 Å². The second-order valence-corrected chi connectivity index (χ2v) is 11.1. The fraction of sp³-hybridized carbons (Fsp3) is 0.364. The highest BCUT2D eigenvalue weighted by Gasteiger charge is 2.32. The number of carbonyl (C=O) groups is 1. The van der Waals surface area contributed by atoms with Crippen molar-refractivity contribution in [1.82, 2.24) is 29.5 Å². The lowest BCUT2D eigenvalue weighted by Gasteiger charge is -2.26. The number of amides is 1. The van der Waals surface area contributed by atoms with Gasteiger partial charge in [-0.25, -0.2) is 19.0 Å². The van der Waals surface area contributed by atoms with E-state index in [2.05, 4.69) is 27.9 Å². The molecule has 10 nitrogen and oxygen atoms in total. The number of ether oxygens (including phenoxy) is 1. The van der Waals surface area contributed by atoms with Crippen molar-refractivity contribution in [2.75, 3.05) is 25.9 Å². The van der Waals surface area contributed by atoms with Crippen LogP contribution in [-0.4, -0.2) is 67.7 Å². The molecule has 2 aromatic carbocycles. The molecule has 0 saturated carbocycles. The van der Waals surface area contributed by atoms with Crippen molar-refractivity contribution in [3.8, 4) is 28.8 Å². The molecule has 2 atom stereocenters. The molecule has 1 aliphatic rings. The fourth-order valence-electron chi connectivity index (χ4n) is 5.51. The van der Waals surface area contributed by atoms with Crippen LogP contribution in [0.25, 0.3) is 22.3 Å². The summed E-state index contributed by atoms with van der Waals surface area (Å²) in [5.41, 5.74) is 7.37. The number of likely N-dealkylation sites (N-methyl/N-ethyl adjacent to an activating group) is 1.